The average molecular weight is 507 g/mol. The summed E-state index contributed by atoms with van der Waals surface area (Å²) in [6, 6.07) is 7.83. The molecule has 0 radical (unpaired) electrons. The van der Waals surface area contributed by atoms with Crippen molar-refractivity contribution in [1.82, 2.24) is 10.6 Å². The van der Waals surface area contributed by atoms with Crippen molar-refractivity contribution in [3.8, 4) is 0 Å². The van der Waals surface area contributed by atoms with Crippen LogP contribution in [0.15, 0.2) is 30.3 Å². The van der Waals surface area contributed by atoms with Gasteiger partial charge in [-0.05, 0) is 65.9 Å². The molecular weight excluding hydrogens is 460 g/mol. The van der Waals surface area contributed by atoms with E-state index in [1.807, 2.05) is 30.3 Å². The molecule has 1 aromatic carbocycles. The molecule has 1 saturated carbocycles. The maximum atomic E-state index is 12.6. The second kappa shape index (κ2) is 13.3. The molecule has 2 amide bonds. The quantitative estimate of drug-likeness (QED) is 0.385. The summed E-state index contributed by atoms with van der Waals surface area (Å²) >= 11 is 0. The third-order valence-electron chi connectivity index (χ3n) is 6.19. The van der Waals surface area contributed by atoms with Gasteiger partial charge in [0.25, 0.3) is 0 Å². The van der Waals surface area contributed by atoms with Crippen LogP contribution in [-0.4, -0.2) is 57.9 Å². The standard InChI is InChI=1S/C28H46N2O6/c1-27(2,3)35-25(33)29-21(17-19-13-9-7-10-14-19)23(31)24(32)22(18-20-15-11-8-12-16-20)30-26(34)36-28(4,5)6/h7,9-10,13-14,20-24,31-32H,8,11-12,15-18H2,1-6H3,(H,29,33)(H,30,34)/t21-,22-,23-,24-/m0/s1. The van der Waals surface area contributed by atoms with Crippen molar-refractivity contribution >= 4 is 12.2 Å². The van der Waals surface area contributed by atoms with Gasteiger partial charge in [-0.15, -0.1) is 0 Å². The molecule has 8 heteroatoms. The van der Waals surface area contributed by atoms with E-state index in [-0.39, 0.29) is 6.42 Å². The molecule has 4 N–H and O–H groups in total. The van der Waals surface area contributed by atoms with Crippen LogP contribution < -0.4 is 10.6 Å². The number of hydrogen-bond acceptors (Lipinski definition) is 6. The lowest BCUT2D eigenvalue weighted by Gasteiger charge is -2.35. The molecule has 1 aromatic rings. The molecule has 36 heavy (non-hydrogen) atoms. The highest BCUT2D eigenvalue weighted by Crippen LogP contribution is 2.29. The van der Waals surface area contributed by atoms with Crippen LogP contribution in [-0.2, 0) is 15.9 Å². The number of aliphatic hydroxyl groups excluding tert-OH is 2. The number of hydrogen-bond donors (Lipinski definition) is 4. The number of aliphatic hydroxyl groups is 2. The van der Waals surface area contributed by atoms with Crippen molar-refractivity contribution in [2.75, 3.05) is 0 Å². The Kier molecular flexibility index (Phi) is 11.0. The maximum Gasteiger partial charge on any atom is 0.407 e. The summed E-state index contributed by atoms with van der Waals surface area (Å²) in [7, 11) is 0. The van der Waals surface area contributed by atoms with Crippen molar-refractivity contribution in [3.63, 3.8) is 0 Å². The molecule has 0 aromatic heterocycles. The second-order valence-electron chi connectivity index (χ2n) is 11.9. The van der Waals surface area contributed by atoms with E-state index in [1.165, 1.54) is 6.42 Å². The Labute approximate surface area is 216 Å². The maximum absolute atomic E-state index is 12.6. The third-order valence-corrected chi connectivity index (χ3v) is 6.19. The highest BCUT2D eigenvalue weighted by atomic mass is 16.6. The molecule has 0 aliphatic heterocycles. The van der Waals surface area contributed by atoms with Gasteiger partial charge in [0.2, 0.25) is 0 Å². The first kappa shape index (κ1) is 29.9. The Balaban J connectivity index is 2.23. The fourth-order valence-corrected chi connectivity index (χ4v) is 4.58. The molecule has 1 aliphatic carbocycles. The molecule has 204 valence electrons. The third kappa shape index (κ3) is 11.2. The van der Waals surface area contributed by atoms with E-state index in [2.05, 4.69) is 10.6 Å². The predicted octanol–water partition coefficient (Wildman–Crippen LogP) is 4.71. The van der Waals surface area contributed by atoms with E-state index in [4.69, 9.17) is 9.47 Å². The van der Waals surface area contributed by atoms with E-state index < -0.39 is 47.7 Å². The molecule has 0 heterocycles. The van der Waals surface area contributed by atoms with Crippen molar-refractivity contribution in [1.29, 1.82) is 0 Å². The Morgan fingerprint density at radius 2 is 1.31 bits per heavy atom. The number of carbonyl (C=O) groups excluding carboxylic acids is 2. The zero-order valence-electron chi connectivity index (χ0n) is 22.8. The van der Waals surface area contributed by atoms with E-state index in [1.54, 1.807) is 41.5 Å². The van der Waals surface area contributed by atoms with E-state index in [0.29, 0.717) is 12.3 Å². The molecule has 0 spiro atoms. The number of ether oxygens (including phenoxy) is 2. The fraction of sp³-hybridized carbons (Fsp3) is 0.714. The molecule has 1 aliphatic rings. The summed E-state index contributed by atoms with van der Waals surface area (Å²) in [4.78, 5) is 25.2. The van der Waals surface area contributed by atoms with Crippen LogP contribution in [0.25, 0.3) is 0 Å². The number of amides is 2. The Bertz CT molecular complexity index is 812. The van der Waals surface area contributed by atoms with Crippen LogP contribution in [0.4, 0.5) is 9.59 Å². The molecule has 1 fully saturated rings. The fourth-order valence-electron chi connectivity index (χ4n) is 4.58. The van der Waals surface area contributed by atoms with E-state index in [0.717, 1.165) is 31.2 Å². The molecule has 0 saturated heterocycles. The van der Waals surface area contributed by atoms with Crippen molar-refractivity contribution < 1.29 is 29.3 Å². The van der Waals surface area contributed by atoms with Crippen LogP contribution in [0.3, 0.4) is 0 Å². The van der Waals surface area contributed by atoms with Gasteiger partial charge in [-0.1, -0.05) is 62.4 Å². The van der Waals surface area contributed by atoms with Crippen LogP contribution in [0, 0.1) is 5.92 Å². The van der Waals surface area contributed by atoms with Crippen LogP contribution in [0.1, 0.15) is 85.6 Å². The van der Waals surface area contributed by atoms with Crippen molar-refractivity contribution in [2.24, 2.45) is 5.92 Å². The minimum atomic E-state index is -1.36. The highest BCUT2D eigenvalue weighted by molar-refractivity contribution is 5.69. The van der Waals surface area contributed by atoms with E-state index >= 15 is 0 Å². The smallest absolute Gasteiger partial charge is 0.407 e. The van der Waals surface area contributed by atoms with Crippen LogP contribution >= 0.6 is 0 Å². The summed E-state index contributed by atoms with van der Waals surface area (Å²) in [5.41, 5.74) is -0.530. The van der Waals surface area contributed by atoms with Gasteiger partial charge < -0.3 is 30.3 Å². The van der Waals surface area contributed by atoms with Gasteiger partial charge in [-0.3, -0.25) is 0 Å². The average Bonchev–Trinajstić information content (AvgIpc) is 2.76. The molecule has 8 nitrogen and oxygen atoms in total. The predicted molar refractivity (Wildman–Crippen MR) is 140 cm³/mol. The van der Waals surface area contributed by atoms with Gasteiger partial charge in [0, 0.05) is 0 Å². The molecule has 0 unspecified atom stereocenters. The van der Waals surface area contributed by atoms with Gasteiger partial charge in [-0.25, -0.2) is 9.59 Å². The number of alkyl carbamates (subject to hydrolysis) is 2. The van der Waals surface area contributed by atoms with Crippen LogP contribution in [0.2, 0.25) is 0 Å². The SMILES string of the molecule is CC(C)(C)OC(=O)N[C@@H](Cc1ccccc1)[C@H](O)[C@@H](O)[C@H](CC1CCCCC1)NC(=O)OC(C)(C)C. The molecule has 2 rings (SSSR count). The topological polar surface area (TPSA) is 117 Å². The first-order valence-corrected chi connectivity index (χ1v) is 13.1. The minimum absolute atomic E-state index is 0.279. The number of benzene rings is 1. The second-order valence-corrected chi connectivity index (χ2v) is 11.9. The first-order chi connectivity index (χ1) is 16.7. The monoisotopic (exact) mass is 506 g/mol. The summed E-state index contributed by atoms with van der Waals surface area (Å²) < 4.78 is 10.8. The van der Waals surface area contributed by atoms with Crippen molar-refractivity contribution in [2.45, 2.75) is 122 Å². The summed E-state index contributed by atoms with van der Waals surface area (Å²) in [5.74, 6) is 0.326. The van der Waals surface area contributed by atoms with Gasteiger partial charge >= 0.3 is 12.2 Å². The Morgan fingerprint density at radius 1 is 0.833 bits per heavy atom. The first-order valence-electron chi connectivity index (χ1n) is 13.1. The number of rotatable bonds is 9. The van der Waals surface area contributed by atoms with Crippen molar-refractivity contribution in [3.05, 3.63) is 35.9 Å². The van der Waals surface area contributed by atoms with Gasteiger partial charge in [0.05, 0.1) is 12.1 Å². The number of nitrogens with one attached hydrogen (secondary N) is 2. The summed E-state index contributed by atoms with van der Waals surface area (Å²) in [6.45, 7) is 10.6. The van der Waals surface area contributed by atoms with Gasteiger partial charge in [0.1, 0.15) is 23.4 Å². The van der Waals surface area contributed by atoms with Gasteiger partial charge in [-0.2, -0.15) is 0 Å². The molecule has 4 atom stereocenters. The lowest BCUT2D eigenvalue weighted by Crippen LogP contribution is -2.57. The van der Waals surface area contributed by atoms with Crippen LogP contribution in [0.5, 0.6) is 0 Å². The minimum Gasteiger partial charge on any atom is -0.444 e. The zero-order chi connectivity index (χ0) is 26.9. The Hall–Kier alpha value is -2.32. The Morgan fingerprint density at radius 3 is 1.81 bits per heavy atom. The zero-order valence-corrected chi connectivity index (χ0v) is 22.8. The lowest BCUT2D eigenvalue weighted by molar-refractivity contribution is -0.0340. The highest BCUT2D eigenvalue weighted by Gasteiger charge is 2.37. The lowest BCUT2D eigenvalue weighted by atomic mass is 9.82. The van der Waals surface area contributed by atoms with Gasteiger partial charge in [0.15, 0.2) is 0 Å². The summed E-state index contributed by atoms with van der Waals surface area (Å²) in [5, 5.41) is 28.2. The largest absolute Gasteiger partial charge is 0.444 e. The molecular formula is C28H46N2O6. The normalized spacial score (nSPS) is 18.4. The van der Waals surface area contributed by atoms with E-state index in [9.17, 15) is 19.8 Å². The number of carbonyl (C=O) groups is 2. The molecule has 0 bridgehead atoms. The summed E-state index contributed by atoms with van der Waals surface area (Å²) in [6.07, 6.45) is 2.21.